The van der Waals surface area contributed by atoms with E-state index in [1.54, 1.807) is 19.2 Å². The summed E-state index contributed by atoms with van der Waals surface area (Å²) in [6, 6.07) is 12.6. The summed E-state index contributed by atoms with van der Waals surface area (Å²) in [6.07, 6.45) is 3.30. The molecule has 0 aromatic heterocycles. The molecule has 1 saturated heterocycles. The minimum Gasteiger partial charge on any atom is -0.497 e. The predicted molar refractivity (Wildman–Crippen MR) is 108 cm³/mol. The lowest BCUT2D eigenvalue weighted by atomic mass is 9.95. The molecule has 0 aliphatic carbocycles. The van der Waals surface area contributed by atoms with Crippen molar-refractivity contribution in [3.05, 3.63) is 59.4 Å². The van der Waals surface area contributed by atoms with Gasteiger partial charge in [-0.2, -0.15) is 0 Å². The summed E-state index contributed by atoms with van der Waals surface area (Å²) in [5.74, 6) is 0.581. The molecule has 2 heterocycles. The lowest BCUT2D eigenvalue weighted by Gasteiger charge is -2.42. The van der Waals surface area contributed by atoms with Crippen LogP contribution in [-0.4, -0.2) is 44.2 Å². The zero-order valence-corrected chi connectivity index (χ0v) is 16.4. The van der Waals surface area contributed by atoms with Crippen LogP contribution < -0.4 is 9.64 Å². The topological polar surface area (TPSA) is 15.7 Å². The number of piperidine rings is 1. The Morgan fingerprint density at radius 1 is 1.07 bits per heavy atom. The van der Waals surface area contributed by atoms with Crippen molar-refractivity contribution in [3.63, 3.8) is 0 Å². The number of methoxy groups -OCH3 is 1. The van der Waals surface area contributed by atoms with Gasteiger partial charge in [0, 0.05) is 44.0 Å². The first-order chi connectivity index (χ1) is 13.6. The van der Waals surface area contributed by atoms with Crippen molar-refractivity contribution in [1.82, 2.24) is 4.90 Å². The molecule has 0 radical (unpaired) electrons. The van der Waals surface area contributed by atoms with E-state index in [1.165, 1.54) is 29.8 Å². The molecule has 1 unspecified atom stereocenters. The SMILES string of the molecule is COc1ccc2c(c1)N(C1CCN(CC(F)c3ccc(F)cc3)CC1)CCC2. The van der Waals surface area contributed by atoms with Crippen molar-refractivity contribution in [3.8, 4) is 5.75 Å². The number of fused-ring (bicyclic) bond motifs is 1. The molecular formula is C23H28F2N2O. The summed E-state index contributed by atoms with van der Waals surface area (Å²) < 4.78 is 33.1. The minimum absolute atomic E-state index is 0.324. The number of halogens is 2. The molecule has 0 amide bonds. The summed E-state index contributed by atoms with van der Waals surface area (Å²) in [6.45, 7) is 3.24. The second kappa shape index (κ2) is 8.48. The van der Waals surface area contributed by atoms with Gasteiger partial charge in [-0.1, -0.05) is 18.2 Å². The number of ether oxygens (including phenoxy) is 1. The van der Waals surface area contributed by atoms with E-state index in [0.717, 1.165) is 44.6 Å². The molecule has 2 aliphatic rings. The van der Waals surface area contributed by atoms with E-state index < -0.39 is 6.17 Å². The maximum Gasteiger partial charge on any atom is 0.138 e. The molecule has 0 N–H and O–H groups in total. The van der Waals surface area contributed by atoms with Crippen LogP contribution >= 0.6 is 0 Å². The van der Waals surface area contributed by atoms with Gasteiger partial charge in [0.1, 0.15) is 17.7 Å². The van der Waals surface area contributed by atoms with Gasteiger partial charge in [-0.15, -0.1) is 0 Å². The number of alkyl halides is 1. The van der Waals surface area contributed by atoms with Crippen molar-refractivity contribution >= 4 is 5.69 Å². The van der Waals surface area contributed by atoms with Gasteiger partial charge in [0.25, 0.3) is 0 Å². The standard InChI is InChI=1S/C23H28F2N2O/c1-28-21-9-6-18-3-2-12-27(23(18)15-21)20-10-13-26(14-11-20)16-22(25)17-4-7-19(24)8-5-17/h4-9,15,20,22H,2-3,10-14,16H2,1H3. The third-order valence-corrected chi connectivity index (χ3v) is 6.10. The maximum absolute atomic E-state index is 14.6. The number of rotatable bonds is 5. The first kappa shape index (κ1) is 19.2. The number of anilines is 1. The Labute approximate surface area is 165 Å². The van der Waals surface area contributed by atoms with Crippen LogP contribution in [0.3, 0.4) is 0 Å². The average molecular weight is 386 g/mol. The predicted octanol–water partition coefficient (Wildman–Crippen LogP) is 4.76. The number of hydrogen-bond donors (Lipinski definition) is 0. The molecule has 3 nitrogen and oxygen atoms in total. The number of aryl methyl sites for hydroxylation is 1. The number of hydrogen-bond acceptors (Lipinski definition) is 3. The van der Waals surface area contributed by atoms with Gasteiger partial charge in [-0.25, -0.2) is 8.78 Å². The Morgan fingerprint density at radius 2 is 1.82 bits per heavy atom. The quantitative estimate of drug-likeness (QED) is 0.737. The van der Waals surface area contributed by atoms with E-state index >= 15 is 0 Å². The summed E-state index contributed by atoms with van der Waals surface area (Å²) in [5.41, 5.74) is 3.26. The Balaban J connectivity index is 1.36. The fourth-order valence-corrected chi connectivity index (χ4v) is 4.51. The molecular weight excluding hydrogens is 358 g/mol. The molecule has 0 bridgehead atoms. The second-order valence-corrected chi connectivity index (χ2v) is 7.84. The van der Waals surface area contributed by atoms with E-state index in [0.29, 0.717) is 18.2 Å². The molecule has 150 valence electrons. The first-order valence-electron chi connectivity index (χ1n) is 10.2. The van der Waals surface area contributed by atoms with Crippen LogP contribution in [-0.2, 0) is 6.42 Å². The van der Waals surface area contributed by atoms with E-state index in [4.69, 9.17) is 4.74 Å². The molecule has 2 aliphatic heterocycles. The highest BCUT2D eigenvalue weighted by Gasteiger charge is 2.29. The van der Waals surface area contributed by atoms with Crippen molar-refractivity contribution in [2.75, 3.05) is 38.2 Å². The molecule has 28 heavy (non-hydrogen) atoms. The van der Waals surface area contributed by atoms with Gasteiger partial charge in [-0.3, -0.25) is 4.90 Å². The summed E-state index contributed by atoms with van der Waals surface area (Å²) in [7, 11) is 1.71. The van der Waals surface area contributed by atoms with Crippen LogP contribution in [0.4, 0.5) is 14.5 Å². The Bertz CT molecular complexity index is 788. The fraction of sp³-hybridized carbons (Fsp3) is 0.478. The zero-order chi connectivity index (χ0) is 19.5. The lowest BCUT2D eigenvalue weighted by Crippen LogP contribution is -2.47. The summed E-state index contributed by atoms with van der Waals surface area (Å²) in [4.78, 5) is 4.73. The average Bonchev–Trinajstić information content (AvgIpc) is 2.74. The Kier molecular flexibility index (Phi) is 5.81. The van der Waals surface area contributed by atoms with Crippen LogP contribution in [0.5, 0.6) is 5.75 Å². The molecule has 1 atom stereocenters. The van der Waals surface area contributed by atoms with Gasteiger partial charge in [0.2, 0.25) is 0 Å². The third kappa shape index (κ3) is 4.14. The van der Waals surface area contributed by atoms with E-state index in [-0.39, 0.29) is 5.82 Å². The summed E-state index contributed by atoms with van der Waals surface area (Å²) in [5, 5.41) is 0. The van der Waals surface area contributed by atoms with Crippen molar-refractivity contribution in [1.29, 1.82) is 0 Å². The highest BCUT2D eigenvalue weighted by Crippen LogP contribution is 2.34. The number of benzene rings is 2. The zero-order valence-electron chi connectivity index (χ0n) is 16.4. The molecule has 2 aromatic rings. The Morgan fingerprint density at radius 3 is 2.54 bits per heavy atom. The summed E-state index contributed by atoms with van der Waals surface area (Å²) >= 11 is 0. The molecule has 1 fully saturated rings. The minimum atomic E-state index is -1.07. The number of nitrogens with zero attached hydrogens (tertiary/aromatic N) is 2. The fourth-order valence-electron chi connectivity index (χ4n) is 4.51. The van der Waals surface area contributed by atoms with Crippen LogP contribution in [0, 0.1) is 5.82 Å². The van der Waals surface area contributed by atoms with Crippen molar-refractivity contribution in [2.24, 2.45) is 0 Å². The molecule has 5 heteroatoms. The van der Waals surface area contributed by atoms with Gasteiger partial charge < -0.3 is 9.64 Å². The first-order valence-corrected chi connectivity index (χ1v) is 10.2. The molecule has 2 aromatic carbocycles. The second-order valence-electron chi connectivity index (χ2n) is 7.84. The van der Waals surface area contributed by atoms with E-state index in [9.17, 15) is 8.78 Å². The van der Waals surface area contributed by atoms with Gasteiger partial charge >= 0.3 is 0 Å². The van der Waals surface area contributed by atoms with Gasteiger partial charge in [-0.05, 0) is 55.0 Å². The van der Waals surface area contributed by atoms with Crippen LogP contribution in [0.1, 0.15) is 36.6 Å². The number of likely N-dealkylation sites (tertiary alicyclic amines) is 1. The Hall–Kier alpha value is -2.14. The van der Waals surface area contributed by atoms with Gasteiger partial charge in [0.05, 0.1) is 7.11 Å². The van der Waals surface area contributed by atoms with Crippen LogP contribution in [0.2, 0.25) is 0 Å². The third-order valence-electron chi connectivity index (χ3n) is 6.10. The van der Waals surface area contributed by atoms with Crippen LogP contribution in [0.15, 0.2) is 42.5 Å². The monoisotopic (exact) mass is 386 g/mol. The van der Waals surface area contributed by atoms with E-state index in [2.05, 4.69) is 21.9 Å². The van der Waals surface area contributed by atoms with Gasteiger partial charge in [0.15, 0.2) is 0 Å². The highest BCUT2D eigenvalue weighted by molar-refractivity contribution is 5.59. The van der Waals surface area contributed by atoms with Crippen molar-refractivity contribution < 1.29 is 13.5 Å². The molecule has 0 spiro atoms. The van der Waals surface area contributed by atoms with Crippen LogP contribution in [0.25, 0.3) is 0 Å². The highest BCUT2D eigenvalue weighted by atomic mass is 19.1. The van der Waals surface area contributed by atoms with Crippen molar-refractivity contribution in [2.45, 2.75) is 37.9 Å². The van der Waals surface area contributed by atoms with E-state index in [1.807, 2.05) is 6.07 Å². The molecule has 0 saturated carbocycles. The smallest absolute Gasteiger partial charge is 0.138 e. The largest absolute Gasteiger partial charge is 0.497 e. The maximum atomic E-state index is 14.6. The normalized spacial score (nSPS) is 19.3. The lowest BCUT2D eigenvalue weighted by molar-refractivity contribution is 0.156. The molecule has 4 rings (SSSR count).